The maximum absolute atomic E-state index is 12.9. The summed E-state index contributed by atoms with van der Waals surface area (Å²) in [7, 11) is 0. The van der Waals surface area contributed by atoms with Crippen LogP contribution in [0.25, 0.3) is 0 Å². The summed E-state index contributed by atoms with van der Waals surface area (Å²) in [5.41, 5.74) is 0.354. The summed E-state index contributed by atoms with van der Waals surface area (Å²) in [6, 6.07) is 4.86. The Morgan fingerprint density at radius 3 is 2.33 bits per heavy atom. The van der Waals surface area contributed by atoms with Gasteiger partial charge in [0.05, 0.1) is 5.92 Å². The van der Waals surface area contributed by atoms with Crippen molar-refractivity contribution in [3.63, 3.8) is 0 Å². The fraction of sp³-hybridized carbons (Fsp3) is 0.579. The standard InChI is InChI=1S/C19H24ClF3N2O2/c1-11(2)16(25-17(26)12-6-8-14(20)9-7-12)18(27)24-15-5-3-4-13(10-15)19(21,22)23/h6-9,11,13,15-16H,3-5,10H2,1-2H3,(H,24,27)(H,25,26). The van der Waals surface area contributed by atoms with Gasteiger partial charge in [0.1, 0.15) is 6.04 Å². The number of alkyl halides is 3. The molecule has 2 N–H and O–H groups in total. The highest BCUT2D eigenvalue weighted by Crippen LogP contribution is 2.37. The van der Waals surface area contributed by atoms with E-state index in [4.69, 9.17) is 11.6 Å². The molecule has 3 unspecified atom stereocenters. The Morgan fingerprint density at radius 1 is 1.15 bits per heavy atom. The highest BCUT2D eigenvalue weighted by molar-refractivity contribution is 6.30. The predicted octanol–water partition coefficient (Wildman–Crippen LogP) is 4.33. The van der Waals surface area contributed by atoms with Crippen LogP contribution in [0.15, 0.2) is 24.3 Å². The van der Waals surface area contributed by atoms with Crippen LogP contribution in [-0.2, 0) is 4.79 Å². The van der Waals surface area contributed by atoms with Gasteiger partial charge in [-0.3, -0.25) is 9.59 Å². The Hall–Kier alpha value is -1.76. The first kappa shape index (κ1) is 21.5. The number of nitrogens with one attached hydrogen (secondary N) is 2. The molecule has 3 atom stereocenters. The van der Waals surface area contributed by atoms with Crippen molar-refractivity contribution in [2.75, 3.05) is 0 Å². The second-order valence-corrected chi connectivity index (χ2v) is 7.75. The van der Waals surface area contributed by atoms with E-state index < -0.39 is 36.0 Å². The van der Waals surface area contributed by atoms with Gasteiger partial charge < -0.3 is 10.6 Å². The van der Waals surface area contributed by atoms with E-state index in [0.29, 0.717) is 23.4 Å². The van der Waals surface area contributed by atoms with Gasteiger partial charge in [-0.1, -0.05) is 31.9 Å². The van der Waals surface area contributed by atoms with E-state index >= 15 is 0 Å². The molecule has 8 heteroatoms. The van der Waals surface area contributed by atoms with Crippen molar-refractivity contribution in [1.29, 1.82) is 0 Å². The topological polar surface area (TPSA) is 58.2 Å². The summed E-state index contributed by atoms with van der Waals surface area (Å²) < 4.78 is 38.8. The van der Waals surface area contributed by atoms with Gasteiger partial charge in [-0.05, 0) is 49.4 Å². The molecular formula is C19H24ClF3N2O2. The Bertz CT molecular complexity index is 662. The lowest BCUT2D eigenvalue weighted by molar-refractivity contribution is -0.184. The van der Waals surface area contributed by atoms with Gasteiger partial charge in [0.25, 0.3) is 5.91 Å². The van der Waals surface area contributed by atoms with E-state index in [0.717, 1.165) is 0 Å². The highest BCUT2D eigenvalue weighted by Gasteiger charge is 2.42. The molecule has 150 valence electrons. The minimum absolute atomic E-state index is 0.0940. The molecule has 0 heterocycles. The highest BCUT2D eigenvalue weighted by atomic mass is 35.5. The number of carbonyl (C=O) groups is 2. The second-order valence-electron chi connectivity index (χ2n) is 7.31. The molecular weight excluding hydrogens is 381 g/mol. The molecule has 27 heavy (non-hydrogen) atoms. The van der Waals surface area contributed by atoms with Gasteiger partial charge in [0.15, 0.2) is 0 Å². The molecule has 2 amide bonds. The summed E-state index contributed by atoms with van der Waals surface area (Å²) in [4.78, 5) is 25.0. The number of benzene rings is 1. The fourth-order valence-electron chi connectivity index (χ4n) is 3.27. The Balaban J connectivity index is 2.00. The maximum atomic E-state index is 12.9. The minimum atomic E-state index is -4.25. The number of hydrogen-bond donors (Lipinski definition) is 2. The average Bonchev–Trinajstić information content (AvgIpc) is 2.59. The first-order valence-corrected chi connectivity index (χ1v) is 9.39. The third-order valence-corrected chi connectivity index (χ3v) is 5.08. The van der Waals surface area contributed by atoms with Crippen LogP contribution in [0.3, 0.4) is 0 Å². The van der Waals surface area contributed by atoms with Crippen LogP contribution in [0.2, 0.25) is 5.02 Å². The summed E-state index contributed by atoms with van der Waals surface area (Å²) in [5.74, 6) is -2.50. The molecule has 4 nitrogen and oxygen atoms in total. The third-order valence-electron chi connectivity index (χ3n) is 4.83. The van der Waals surface area contributed by atoms with Gasteiger partial charge in [0.2, 0.25) is 5.91 Å². The van der Waals surface area contributed by atoms with E-state index in [2.05, 4.69) is 10.6 Å². The van der Waals surface area contributed by atoms with Crippen molar-refractivity contribution in [2.45, 2.75) is 57.8 Å². The van der Waals surface area contributed by atoms with E-state index in [1.54, 1.807) is 38.1 Å². The lowest BCUT2D eigenvalue weighted by Crippen LogP contribution is -2.53. The zero-order valence-electron chi connectivity index (χ0n) is 15.3. The zero-order chi connectivity index (χ0) is 20.2. The normalized spacial score (nSPS) is 21.6. The van der Waals surface area contributed by atoms with Crippen molar-refractivity contribution in [1.82, 2.24) is 10.6 Å². The lowest BCUT2D eigenvalue weighted by Gasteiger charge is -2.32. The van der Waals surface area contributed by atoms with E-state index in [-0.39, 0.29) is 18.8 Å². The van der Waals surface area contributed by atoms with Gasteiger partial charge in [0, 0.05) is 16.6 Å². The molecule has 1 aliphatic carbocycles. The van der Waals surface area contributed by atoms with E-state index in [1.807, 2.05) is 0 Å². The Kier molecular flexibility index (Phi) is 7.14. The van der Waals surface area contributed by atoms with E-state index in [1.165, 1.54) is 0 Å². The Labute approximate surface area is 161 Å². The summed E-state index contributed by atoms with van der Waals surface area (Å²) >= 11 is 5.80. The quantitative estimate of drug-likeness (QED) is 0.767. The van der Waals surface area contributed by atoms with Crippen molar-refractivity contribution < 1.29 is 22.8 Å². The number of hydrogen-bond acceptors (Lipinski definition) is 2. The van der Waals surface area contributed by atoms with Crippen molar-refractivity contribution in [3.8, 4) is 0 Å². The summed E-state index contributed by atoms with van der Waals surface area (Å²) in [6.45, 7) is 3.54. The molecule has 0 aliphatic heterocycles. The molecule has 1 aromatic carbocycles. The molecule has 2 rings (SSSR count). The van der Waals surface area contributed by atoms with Crippen LogP contribution in [0.1, 0.15) is 49.9 Å². The third kappa shape index (κ3) is 6.13. The first-order valence-electron chi connectivity index (χ1n) is 9.01. The second kappa shape index (κ2) is 8.95. The number of amides is 2. The minimum Gasteiger partial charge on any atom is -0.352 e. The molecule has 1 aliphatic rings. The number of halogens is 4. The lowest BCUT2D eigenvalue weighted by atomic mass is 9.85. The van der Waals surface area contributed by atoms with Crippen molar-refractivity contribution in [3.05, 3.63) is 34.9 Å². The molecule has 0 aromatic heterocycles. The number of rotatable bonds is 5. The molecule has 0 saturated heterocycles. The number of carbonyl (C=O) groups excluding carboxylic acids is 2. The summed E-state index contributed by atoms with van der Waals surface area (Å²) in [5, 5.41) is 5.85. The average molecular weight is 405 g/mol. The smallest absolute Gasteiger partial charge is 0.352 e. The Morgan fingerprint density at radius 2 is 1.78 bits per heavy atom. The van der Waals surface area contributed by atoms with Crippen LogP contribution >= 0.6 is 11.6 Å². The van der Waals surface area contributed by atoms with E-state index in [9.17, 15) is 22.8 Å². The van der Waals surface area contributed by atoms with Gasteiger partial charge >= 0.3 is 6.18 Å². The van der Waals surface area contributed by atoms with Crippen LogP contribution in [0.4, 0.5) is 13.2 Å². The van der Waals surface area contributed by atoms with Crippen LogP contribution < -0.4 is 10.6 Å². The van der Waals surface area contributed by atoms with Crippen LogP contribution in [-0.4, -0.2) is 30.1 Å². The largest absolute Gasteiger partial charge is 0.391 e. The molecule has 0 spiro atoms. The first-order chi connectivity index (χ1) is 12.6. The molecule has 0 bridgehead atoms. The van der Waals surface area contributed by atoms with Crippen molar-refractivity contribution >= 4 is 23.4 Å². The maximum Gasteiger partial charge on any atom is 0.391 e. The zero-order valence-corrected chi connectivity index (χ0v) is 16.0. The summed E-state index contributed by atoms with van der Waals surface area (Å²) in [6.07, 6.45) is -3.35. The monoisotopic (exact) mass is 404 g/mol. The SMILES string of the molecule is CC(C)C(NC(=O)c1ccc(Cl)cc1)C(=O)NC1CCCC(C(F)(F)F)C1. The van der Waals surface area contributed by atoms with Crippen LogP contribution in [0.5, 0.6) is 0 Å². The van der Waals surface area contributed by atoms with Crippen molar-refractivity contribution in [2.24, 2.45) is 11.8 Å². The van der Waals surface area contributed by atoms with Gasteiger partial charge in [-0.2, -0.15) is 13.2 Å². The predicted molar refractivity (Wildman–Crippen MR) is 97.5 cm³/mol. The molecule has 1 saturated carbocycles. The molecule has 0 radical (unpaired) electrons. The van der Waals surface area contributed by atoms with Crippen LogP contribution in [0, 0.1) is 11.8 Å². The van der Waals surface area contributed by atoms with Gasteiger partial charge in [-0.25, -0.2) is 0 Å². The van der Waals surface area contributed by atoms with Gasteiger partial charge in [-0.15, -0.1) is 0 Å². The molecule has 1 fully saturated rings. The molecule has 1 aromatic rings. The fourth-order valence-corrected chi connectivity index (χ4v) is 3.40.